The summed E-state index contributed by atoms with van der Waals surface area (Å²) in [6.45, 7) is 1.22. The Labute approximate surface area is 187 Å². The molecule has 1 saturated carbocycles. The number of halogens is 1. The number of amides is 2. The molecule has 1 N–H and O–H groups in total. The predicted octanol–water partition coefficient (Wildman–Crippen LogP) is 3.96. The van der Waals surface area contributed by atoms with E-state index in [0.717, 1.165) is 43.4 Å². The van der Waals surface area contributed by atoms with Crippen molar-refractivity contribution in [3.63, 3.8) is 0 Å². The molecule has 0 aromatic heterocycles. The van der Waals surface area contributed by atoms with Gasteiger partial charge in [0.1, 0.15) is 17.2 Å². The fraction of sp³-hybridized carbons (Fsp3) is 0.462. The summed E-state index contributed by atoms with van der Waals surface area (Å²) in [6.07, 6.45) is 5.10. The minimum Gasteiger partial charge on any atom is -0.487 e. The van der Waals surface area contributed by atoms with Crippen molar-refractivity contribution in [2.75, 3.05) is 13.1 Å². The van der Waals surface area contributed by atoms with Crippen molar-refractivity contribution in [3.8, 4) is 5.75 Å². The number of likely N-dealkylation sites (tertiary alicyclic amines) is 1. The van der Waals surface area contributed by atoms with Crippen molar-refractivity contribution < 1.29 is 18.7 Å². The second-order valence-electron chi connectivity index (χ2n) is 9.46. The summed E-state index contributed by atoms with van der Waals surface area (Å²) < 4.78 is 20.0. The topological polar surface area (TPSA) is 58.6 Å². The van der Waals surface area contributed by atoms with Gasteiger partial charge in [-0.3, -0.25) is 9.59 Å². The number of hydrogen-bond donors (Lipinski definition) is 1. The Bertz CT molecular complexity index is 1010. The monoisotopic (exact) mass is 436 g/mol. The molecule has 1 saturated heterocycles. The maximum absolute atomic E-state index is 13.5. The number of fused-ring (bicyclic) bond motifs is 1. The standard InChI is InChI=1S/C26H29FN2O3/c27-20-5-3-4-18(14-20)15-25(31)29-12-10-26(11-13-29)17-19(16-24(30)28-21-8-9-21)22-6-1-2-7-23(22)32-26/h1-7,14,19,21H,8-13,15-17H2,(H,28,30). The molecule has 168 valence electrons. The third-order valence-electron chi connectivity index (χ3n) is 6.95. The molecule has 2 heterocycles. The molecule has 0 radical (unpaired) electrons. The largest absolute Gasteiger partial charge is 0.487 e. The van der Waals surface area contributed by atoms with Crippen LogP contribution < -0.4 is 10.1 Å². The molecule has 2 aliphatic heterocycles. The minimum atomic E-state index is -0.353. The van der Waals surface area contributed by atoms with Gasteiger partial charge < -0.3 is 15.0 Å². The van der Waals surface area contributed by atoms with Gasteiger partial charge in [0.05, 0.1) is 6.42 Å². The molecule has 5 rings (SSSR count). The number of hydrogen-bond acceptors (Lipinski definition) is 3. The van der Waals surface area contributed by atoms with Crippen molar-refractivity contribution in [1.29, 1.82) is 0 Å². The second kappa shape index (κ2) is 8.57. The molecule has 5 nitrogen and oxygen atoms in total. The van der Waals surface area contributed by atoms with E-state index in [4.69, 9.17) is 4.74 Å². The fourth-order valence-corrected chi connectivity index (χ4v) is 5.07. The molecule has 1 atom stereocenters. The third kappa shape index (κ3) is 4.64. The van der Waals surface area contributed by atoms with Gasteiger partial charge in [-0.05, 0) is 48.6 Å². The minimum absolute atomic E-state index is 0.0158. The lowest BCUT2D eigenvalue weighted by molar-refractivity contribution is -0.134. The molecule has 2 amide bonds. The quantitative estimate of drug-likeness (QED) is 0.772. The van der Waals surface area contributed by atoms with Crippen LogP contribution >= 0.6 is 0 Å². The molecule has 2 aromatic rings. The van der Waals surface area contributed by atoms with Crippen LogP contribution in [0.4, 0.5) is 4.39 Å². The van der Waals surface area contributed by atoms with Gasteiger partial charge in [0.15, 0.2) is 0 Å². The second-order valence-corrected chi connectivity index (χ2v) is 9.46. The van der Waals surface area contributed by atoms with Crippen LogP contribution in [-0.2, 0) is 16.0 Å². The van der Waals surface area contributed by atoms with Gasteiger partial charge in [-0.25, -0.2) is 4.39 Å². The Morgan fingerprint density at radius 2 is 1.88 bits per heavy atom. The van der Waals surface area contributed by atoms with Crippen LogP contribution in [0.1, 0.15) is 55.6 Å². The van der Waals surface area contributed by atoms with E-state index in [1.165, 1.54) is 12.1 Å². The Morgan fingerprint density at radius 3 is 2.62 bits per heavy atom. The first-order valence-electron chi connectivity index (χ1n) is 11.6. The molecule has 2 aromatic carbocycles. The van der Waals surface area contributed by atoms with Crippen LogP contribution in [0.15, 0.2) is 48.5 Å². The Morgan fingerprint density at radius 1 is 1.09 bits per heavy atom. The number of piperidine rings is 1. The van der Waals surface area contributed by atoms with Crippen molar-refractivity contribution in [1.82, 2.24) is 10.2 Å². The molecule has 2 fully saturated rings. The van der Waals surface area contributed by atoms with E-state index in [9.17, 15) is 14.0 Å². The van der Waals surface area contributed by atoms with E-state index in [0.29, 0.717) is 31.1 Å². The lowest BCUT2D eigenvalue weighted by atomic mass is 9.76. The van der Waals surface area contributed by atoms with E-state index in [2.05, 4.69) is 11.4 Å². The van der Waals surface area contributed by atoms with Crippen LogP contribution in [-0.4, -0.2) is 41.4 Å². The number of para-hydroxylation sites is 1. The summed E-state index contributed by atoms with van der Waals surface area (Å²) in [6, 6.07) is 14.6. The lowest BCUT2D eigenvalue weighted by Gasteiger charge is -2.47. The average molecular weight is 437 g/mol. The highest BCUT2D eigenvalue weighted by Gasteiger charge is 2.44. The molecule has 3 aliphatic rings. The van der Waals surface area contributed by atoms with Crippen molar-refractivity contribution in [2.45, 2.75) is 62.5 Å². The van der Waals surface area contributed by atoms with E-state index < -0.39 is 0 Å². The van der Waals surface area contributed by atoms with Crippen LogP contribution in [0.5, 0.6) is 5.75 Å². The molecule has 1 aliphatic carbocycles. The molecular weight excluding hydrogens is 407 g/mol. The molecular formula is C26H29FN2O3. The summed E-state index contributed by atoms with van der Waals surface area (Å²) >= 11 is 0. The van der Waals surface area contributed by atoms with Crippen molar-refractivity contribution in [3.05, 3.63) is 65.5 Å². The van der Waals surface area contributed by atoms with Crippen LogP contribution in [0, 0.1) is 5.82 Å². The number of carbonyl (C=O) groups is 2. The SMILES string of the molecule is O=C(CC1CC2(CCN(C(=O)Cc3cccc(F)c3)CC2)Oc2ccccc21)NC1CC1. The van der Waals surface area contributed by atoms with Crippen molar-refractivity contribution >= 4 is 11.8 Å². The molecule has 6 heteroatoms. The number of rotatable bonds is 5. The maximum Gasteiger partial charge on any atom is 0.226 e. The number of nitrogens with one attached hydrogen (secondary N) is 1. The molecule has 1 spiro atoms. The zero-order chi connectivity index (χ0) is 22.1. The fourth-order valence-electron chi connectivity index (χ4n) is 5.07. The normalized spacial score (nSPS) is 21.5. The van der Waals surface area contributed by atoms with E-state index in [1.807, 2.05) is 23.1 Å². The molecule has 1 unspecified atom stereocenters. The summed E-state index contributed by atoms with van der Waals surface area (Å²) in [4.78, 5) is 27.2. The molecule has 32 heavy (non-hydrogen) atoms. The van der Waals surface area contributed by atoms with Gasteiger partial charge in [-0.15, -0.1) is 0 Å². The number of ether oxygens (including phenoxy) is 1. The van der Waals surface area contributed by atoms with Gasteiger partial charge in [0.25, 0.3) is 0 Å². The first kappa shape index (κ1) is 21.0. The summed E-state index contributed by atoms with van der Waals surface area (Å²) in [5.41, 5.74) is 1.45. The lowest BCUT2D eigenvalue weighted by Crippen LogP contribution is -2.52. The summed E-state index contributed by atoms with van der Waals surface area (Å²) in [5, 5.41) is 3.11. The summed E-state index contributed by atoms with van der Waals surface area (Å²) in [7, 11) is 0. The number of nitrogens with zero attached hydrogens (tertiary/aromatic N) is 1. The maximum atomic E-state index is 13.5. The van der Waals surface area contributed by atoms with Gasteiger partial charge in [-0.2, -0.15) is 0 Å². The average Bonchev–Trinajstić information content (AvgIpc) is 3.58. The van der Waals surface area contributed by atoms with Gasteiger partial charge in [-0.1, -0.05) is 30.3 Å². The Kier molecular flexibility index (Phi) is 5.62. The van der Waals surface area contributed by atoms with Gasteiger partial charge in [0, 0.05) is 44.3 Å². The predicted molar refractivity (Wildman–Crippen MR) is 119 cm³/mol. The van der Waals surface area contributed by atoms with E-state index >= 15 is 0 Å². The van der Waals surface area contributed by atoms with Gasteiger partial charge in [0.2, 0.25) is 11.8 Å². The summed E-state index contributed by atoms with van der Waals surface area (Å²) in [5.74, 6) is 0.795. The first-order valence-corrected chi connectivity index (χ1v) is 11.6. The van der Waals surface area contributed by atoms with Crippen molar-refractivity contribution in [2.24, 2.45) is 0 Å². The highest BCUT2D eigenvalue weighted by atomic mass is 19.1. The van der Waals surface area contributed by atoms with Crippen LogP contribution in [0.3, 0.4) is 0 Å². The zero-order valence-corrected chi connectivity index (χ0v) is 18.2. The Balaban J connectivity index is 1.25. The third-order valence-corrected chi connectivity index (χ3v) is 6.95. The first-order chi connectivity index (χ1) is 15.5. The number of benzene rings is 2. The van der Waals surface area contributed by atoms with E-state index in [-0.39, 0.29) is 35.6 Å². The van der Waals surface area contributed by atoms with E-state index in [1.54, 1.807) is 12.1 Å². The van der Waals surface area contributed by atoms with Gasteiger partial charge >= 0.3 is 0 Å². The zero-order valence-electron chi connectivity index (χ0n) is 18.2. The molecule has 0 bridgehead atoms. The van der Waals surface area contributed by atoms with Crippen LogP contribution in [0.2, 0.25) is 0 Å². The Hall–Kier alpha value is -2.89. The highest BCUT2D eigenvalue weighted by Crippen LogP contribution is 2.46. The smallest absolute Gasteiger partial charge is 0.226 e. The van der Waals surface area contributed by atoms with Crippen LogP contribution in [0.25, 0.3) is 0 Å². The highest BCUT2D eigenvalue weighted by molar-refractivity contribution is 5.79. The number of carbonyl (C=O) groups excluding carboxylic acids is 2.